The van der Waals surface area contributed by atoms with E-state index in [1.54, 1.807) is 23.5 Å². The highest BCUT2D eigenvalue weighted by Crippen LogP contribution is 2.43. The minimum absolute atomic E-state index is 0.0980. The SMILES string of the molecule is O=C(NC1CCCCC1)N1C[C@H]2CN(c3cnccn3)C[C@@]2(C(=O)O)C1. The van der Waals surface area contributed by atoms with Crippen LogP contribution in [0.4, 0.5) is 10.6 Å². The topological polar surface area (TPSA) is 98.7 Å². The predicted molar refractivity (Wildman–Crippen MR) is 94.8 cm³/mol. The van der Waals surface area contributed by atoms with E-state index in [2.05, 4.69) is 15.3 Å². The van der Waals surface area contributed by atoms with Crippen molar-refractivity contribution in [3.63, 3.8) is 0 Å². The molecule has 3 heterocycles. The van der Waals surface area contributed by atoms with Gasteiger partial charge in [0.25, 0.3) is 0 Å². The molecule has 26 heavy (non-hydrogen) atoms. The Kier molecular flexibility index (Phi) is 4.42. The number of hydrogen-bond donors (Lipinski definition) is 2. The summed E-state index contributed by atoms with van der Waals surface area (Å²) in [7, 11) is 0. The van der Waals surface area contributed by atoms with E-state index in [4.69, 9.17) is 0 Å². The summed E-state index contributed by atoms with van der Waals surface area (Å²) >= 11 is 0. The molecule has 1 aromatic heterocycles. The molecular weight excluding hydrogens is 334 g/mol. The standard InChI is InChI=1S/C18H25N5O3/c24-16(25)18-11-22(15-8-19-6-7-20-15)9-13(18)10-23(12-18)17(26)21-14-4-2-1-3-5-14/h6-8,13-14H,1-5,9-12H2,(H,21,26)(H,24,25)/t13-,18-/m1/s1. The van der Waals surface area contributed by atoms with Crippen molar-refractivity contribution in [1.82, 2.24) is 20.2 Å². The Hall–Kier alpha value is -2.38. The van der Waals surface area contributed by atoms with Gasteiger partial charge in [0.15, 0.2) is 0 Å². The lowest BCUT2D eigenvalue weighted by atomic mass is 9.81. The first-order chi connectivity index (χ1) is 12.6. The largest absolute Gasteiger partial charge is 0.481 e. The molecule has 4 rings (SSSR count). The number of carbonyl (C=O) groups is 2. The van der Waals surface area contributed by atoms with Gasteiger partial charge in [-0.3, -0.25) is 9.78 Å². The Balaban J connectivity index is 1.45. The minimum Gasteiger partial charge on any atom is -0.481 e. The number of nitrogens with zero attached hydrogens (tertiary/aromatic N) is 4. The van der Waals surface area contributed by atoms with Crippen LogP contribution in [-0.2, 0) is 4.79 Å². The Morgan fingerprint density at radius 3 is 2.62 bits per heavy atom. The van der Waals surface area contributed by atoms with Crippen LogP contribution in [0.5, 0.6) is 0 Å². The maximum atomic E-state index is 12.6. The molecule has 0 radical (unpaired) electrons. The van der Waals surface area contributed by atoms with Crippen molar-refractivity contribution in [2.75, 3.05) is 31.1 Å². The van der Waals surface area contributed by atoms with Gasteiger partial charge < -0.3 is 20.2 Å². The molecule has 0 bridgehead atoms. The van der Waals surface area contributed by atoms with Gasteiger partial charge in [-0.15, -0.1) is 0 Å². The molecular formula is C18H25N5O3. The minimum atomic E-state index is -0.929. The van der Waals surface area contributed by atoms with Crippen LogP contribution in [-0.4, -0.2) is 64.2 Å². The lowest BCUT2D eigenvalue weighted by Gasteiger charge is -2.28. The third-order valence-electron chi connectivity index (χ3n) is 6.13. The summed E-state index contributed by atoms with van der Waals surface area (Å²) < 4.78 is 0. The number of urea groups is 1. The van der Waals surface area contributed by atoms with Gasteiger partial charge in [-0.25, -0.2) is 9.78 Å². The Morgan fingerprint density at radius 2 is 1.96 bits per heavy atom. The van der Waals surface area contributed by atoms with E-state index in [-0.39, 0.29) is 24.5 Å². The fraction of sp³-hybridized carbons (Fsp3) is 0.667. The second-order valence-corrected chi connectivity index (χ2v) is 7.77. The van der Waals surface area contributed by atoms with Crippen molar-refractivity contribution >= 4 is 17.8 Å². The summed E-state index contributed by atoms with van der Waals surface area (Å²) in [4.78, 5) is 36.8. The van der Waals surface area contributed by atoms with Crippen LogP contribution in [0.25, 0.3) is 0 Å². The van der Waals surface area contributed by atoms with Crippen molar-refractivity contribution in [1.29, 1.82) is 0 Å². The van der Waals surface area contributed by atoms with Crippen molar-refractivity contribution in [2.24, 2.45) is 11.3 Å². The van der Waals surface area contributed by atoms with E-state index in [0.717, 1.165) is 25.7 Å². The zero-order valence-corrected chi connectivity index (χ0v) is 14.8. The number of fused-ring (bicyclic) bond motifs is 1. The van der Waals surface area contributed by atoms with Crippen molar-refractivity contribution in [3.05, 3.63) is 18.6 Å². The third-order valence-corrected chi connectivity index (χ3v) is 6.13. The zero-order valence-electron chi connectivity index (χ0n) is 14.8. The van der Waals surface area contributed by atoms with E-state index in [1.807, 2.05) is 4.90 Å². The fourth-order valence-electron chi connectivity index (χ4n) is 4.66. The normalized spacial score (nSPS) is 28.8. The number of aliphatic carboxylic acids is 1. The third kappa shape index (κ3) is 2.97. The van der Waals surface area contributed by atoms with E-state index < -0.39 is 11.4 Å². The van der Waals surface area contributed by atoms with Crippen LogP contribution < -0.4 is 10.2 Å². The summed E-state index contributed by atoms with van der Waals surface area (Å²) in [6.07, 6.45) is 10.5. The lowest BCUT2D eigenvalue weighted by Crippen LogP contribution is -2.47. The fourth-order valence-corrected chi connectivity index (χ4v) is 4.66. The van der Waals surface area contributed by atoms with Crippen LogP contribution in [0.2, 0.25) is 0 Å². The molecule has 2 atom stereocenters. The van der Waals surface area contributed by atoms with Crippen LogP contribution >= 0.6 is 0 Å². The molecule has 2 aliphatic heterocycles. The smallest absolute Gasteiger partial charge is 0.317 e. The summed E-state index contributed by atoms with van der Waals surface area (Å²) in [6.45, 7) is 1.67. The molecule has 0 unspecified atom stereocenters. The molecule has 3 aliphatic rings. The van der Waals surface area contributed by atoms with E-state index in [9.17, 15) is 14.7 Å². The first-order valence-electron chi connectivity index (χ1n) is 9.38. The average Bonchev–Trinajstić information content (AvgIpc) is 3.19. The van der Waals surface area contributed by atoms with E-state index in [0.29, 0.717) is 25.5 Å². The van der Waals surface area contributed by atoms with Gasteiger partial charge in [-0.1, -0.05) is 19.3 Å². The molecule has 3 fully saturated rings. The van der Waals surface area contributed by atoms with E-state index in [1.165, 1.54) is 6.42 Å². The summed E-state index contributed by atoms with van der Waals surface area (Å²) in [5, 5.41) is 13.0. The average molecular weight is 359 g/mol. The molecule has 0 spiro atoms. The van der Waals surface area contributed by atoms with Gasteiger partial charge in [0.1, 0.15) is 11.2 Å². The zero-order chi connectivity index (χ0) is 18.1. The van der Waals surface area contributed by atoms with Gasteiger partial charge in [0, 0.05) is 50.5 Å². The summed E-state index contributed by atoms with van der Waals surface area (Å²) in [5.41, 5.74) is -0.929. The number of carbonyl (C=O) groups excluding carboxylic acids is 1. The van der Waals surface area contributed by atoms with Crippen LogP contribution in [0, 0.1) is 11.3 Å². The monoisotopic (exact) mass is 359 g/mol. The maximum absolute atomic E-state index is 12.6. The lowest BCUT2D eigenvalue weighted by molar-refractivity contribution is -0.148. The highest BCUT2D eigenvalue weighted by Gasteiger charge is 2.59. The number of rotatable bonds is 3. The number of amides is 2. The number of likely N-dealkylation sites (tertiary alicyclic amines) is 1. The van der Waals surface area contributed by atoms with Gasteiger partial charge in [-0.05, 0) is 12.8 Å². The predicted octanol–water partition coefficient (Wildman–Crippen LogP) is 1.34. The second-order valence-electron chi connectivity index (χ2n) is 7.77. The quantitative estimate of drug-likeness (QED) is 0.845. The highest BCUT2D eigenvalue weighted by molar-refractivity contribution is 5.82. The Labute approximate surface area is 152 Å². The van der Waals surface area contributed by atoms with E-state index >= 15 is 0 Å². The molecule has 1 aliphatic carbocycles. The van der Waals surface area contributed by atoms with Crippen molar-refractivity contribution < 1.29 is 14.7 Å². The second kappa shape index (κ2) is 6.74. The first-order valence-corrected chi connectivity index (χ1v) is 9.38. The van der Waals surface area contributed by atoms with Gasteiger partial charge >= 0.3 is 12.0 Å². The maximum Gasteiger partial charge on any atom is 0.317 e. The number of carboxylic acid groups (broad SMARTS) is 1. The Bertz CT molecular complexity index is 679. The van der Waals surface area contributed by atoms with Crippen LogP contribution in [0.3, 0.4) is 0 Å². The molecule has 0 aromatic carbocycles. The number of nitrogens with one attached hydrogen (secondary N) is 1. The molecule has 1 aromatic rings. The number of aromatic nitrogens is 2. The van der Waals surface area contributed by atoms with Gasteiger partial charge in [0.05, 0.1) is 6.20 Å². The molecule has 1 saturated carbocycles. The molecule has 2 saturated heterocycles. The van der Waals surface area contributed by atoms with Gasteiger partial charge in [0.2, 0.25) is 0 Å². The summed E-state index contributed by atoms with van der Waals surface area (Å²) in [6, 6.07) is 0.117. The van der Waals surface area contributed by atoms with Crippen molar-refractivity contribution in [2.45, 2.75) is 38.1 Å². The van der Waals surface area contributed by atoms with Crippen molar-refractivity contribution in [3.8, 4) is 0 Å². The van der Waals surface area contributed by atoms with Crippen LogP contribution in [0.1, 0.15) is 32.1 Å². The number of anilines is 1. The number of hydrogen-bond acceptors (Lipinski definition) is 5. The molecule has 2 N–H and O–H groups in total. The Morgan fingerprint density at radius 1 is 1.15 bits per heavy atom. The summed E-state index contributed by atoms with van der Waals surface area (Å²) in [5.74, 6) is -0.235. The molecule has 2 amide bonds. The van der Waals surface area contributed by atoms with Gasteiger partial charge in [-0.2, -0.15) is 0 Å². The number of carboxylic acids is 1. The molecule has 140 valence electrons. The van der Waals surface area contributed by atoms with Crippen LogP contribution in [0.15, 0.2) is 18.6 Å². The molecule has 8 heteroatoms. The highest BCUT2D eigenvalue weighted by atomic mass is 16.4. The first kappa shape index (κ1) is 17.1. The molecule has 8 nitrogen and oxygen atoms in total.